The van der Waals surface area contributed by atoms with Gasteiger partial charge in [-0.2, -0.15) is 0 Å². The molecule has 0 saturated carbocycles. The molecule has 18 heteroatoms. The average molecular weight is 631 g/mol. The first-order chi connectivity index (χ1) is 20.6. The summed E-state index contributed by atoms with van der Waals surface area (Å²) < 4.78 is 5.19. The number of rotatable bonds is 19. The van der Waals surface area contributed by atoms with E-state index in [0.29, 0.717) is 19.3 Å². The standard InChI is InChI=1S/C26H38N4O14/c1-28(18(33)7-6-14(27)26(41)42)12-15(31)23(38)24(39)16(32)13-43-17-11-21(36)30(25(17)40)44-22(37)5-3-2-4-10-29-19(34)8-9-20(29)35/h8-9,14-17,23-24,31-32,38-39H,2-7,10-13,27H2,1H3,(H,41,42)/t14-,15-,16+,17?,23+,24+/m0/s1. The molecule has 18 nitrogen and oxygen atoms in total. The van der Waals surface area contributed by atoms with Crippen LogP contribution in [0, 0.1) is 0 Å². The first kappa shape index (κ1) is 36.4. The van der Waals surface area contributed by atoms with Gasteiger partial charge in [-0.3, -0.25) is 33.7 Å². The van der Waals surface area contributed by atoms with E-state index in [1.165, 1.54) is 7.05 Å². The SMILES string of the molecule is CN(C[C@H](O)[C@@H](O)[C@H](O)[C@H](O)COC1CC(=O)N(OC(=O)CCCCCN2C(=O)C=CC2=O)C1=O)C(=O)CC[C@H](N)C(=O)O. The quantitative estimate of drug-likeness (QED) is 0.0589. The number of ether oxygens (including phenoxy) is 1. The number of imide groups is 2. The minimum atomic E-state index is -2.01. The minimum Gasteiger partial charge on any atom is -0.480 e. The van der Waals surface area contributed by atoms with Crippen LogP contribution in [0.3, 0.4) is 0 Å². The molecule has 2 aliphatic rings. The second kappa shape index (κ2) is 16.9. The lowest BCUT2D eigenvalue weighted by atomic mass is 10.0. The van der Waals surface area contributed by atoms with Gasteiger partial charge in [0, 0.05) is 45.1 Å². The zero-order chi connectivity index (χ0) is 33.1. The molecule has 0 aromatic carbocycles. The summed E-state index contributed by atoms with van der Waals surface area (Å²) in [6.45, 7) is -1.07. The van der Waals surface area contributed by atoms with E-state index in [2.05, 4.69) is 0 Å². The Morgan fingerprint density at radius 3 is 2.20 bits per heavy atom. The van der Waals surface area contributed by atoms with Crippen LogP contribution in [0.2, 0.25) is 0 Å². The van der Waals surface area contributed by atoms with Crippen molar-refractivity contribution in [2.45, 2.75) is 81.5 Å². The first-order valence-electron chi connectivity index (χ1n) is 13.8. The number of carbonyl (C=O) groups excluding carboxylic acids is 6. The van der Waals surface area contributed by atoms with E-state index < -0.39 is 97.6 Å². The summed E-state index contributed by atoms with van der Waals surface area (Å²) in [7, 11) is 1.26. The number of hydrogen-bond donors (Lipinski definition) is 6. The summed E-state index contributed by atoms with van der Waals surface area (Å²) in [5.41, 5.74) is 5.34. The molecule has 0 aliphatic carbocycles. The maximum atomic E-state index is 12.5. The molecule has 2 rings (SSSR count). The van der Waals surface area contributed by atoms with Crippen molar-refractivity contribution in [3.8, 4) is 0 Å². The van der Waals surface area contributed by atoms with E-state index >= 15 is 0 Å². The highest BCUT2D eigenvalue weighted by atomic mass is 16.7. The predicted molar refractivity (Wildman–Crippen MR) is 143 cm³/mol. The van der Waals surface area contributed by atoms with Gasteiger partial charge >= 0.3 is 11.9 Å². The number of aliphatic carboxylic acids is 1. The summed E-state index contributed by atoms with van der Waals surface area (Å²) in [5.74, 6) is -5.52. The number of unbranched alkanes of at least 4 members (excludes halogenated alkanes) is 2. The molecule has 7 N–H and O–H groups in total. The molecule has 1 unspecified atom stereocenters. The van der Waals surface area contributed by atoms with Gasteiger partial charge in [0.15, 0.2) is 0 Å². The van der Waals surface area contributed by atoms with E-state index in [9.17, 15) is 54.0 Å². The minimum absolute atomic E-state index is 0.162. The van der Waals surface area contributed by atoms with Crippen LogP contribution in [0.5, 0.6) is 0 Å². The van der Waals surface area contributed by atoms with Crippen molar-refractivity contribution in [2.75, 3.05) is 26.7 Å². The molecule has 0 spiro atoms. The summed E-state index contributed by atoms with van der Waals surface area (Å²) in [4.78, 5) is 89.5. The Kier molecular flexibility index (Phi) is 14.0. The molecule has 5 amide bonds. The third-order valence-corrected chi connectivity index (χ3v) is 6.90. The zero-order valence-corrected chi connectivity index (χ0v) is 24.0. The molecular weight excluding hydrogens is 592 g/mol. The molecule has 6 atom stereocenters. The summed E-state index contributed by atoms with van der Waals surface area (Å²) in [6, 6.07) is -1.26. The van der Waals surface area contributed by atoms with Gasteiger partial charge in [0.25, 0.3) is 23.6 Å². The monoisotopic (exact) mass is 630 g/mol. The van der Waals surface area contributed by atoms with Gasteiger partial charge in [-0.1, -0.05) is 11.5 Å². The van der Waals surface area contributed by atoms with Crippen LogP contribution in [0.15, 0.2) is 12.2 Å². The Labute approximate surface area is 251 Å². The van der Waals surface area contributed by atoms with Crippen molar-refractivity contribution in [2.24, 2.45) is 5.73 Å². The van der Waals surface area contributed by atoms with Gasteiger partial charge < -0.3 is 45.7 Å². The van der Waals surface area contributed by atoms with Crippen LogP contribution in [0.1, 0.15) is 44.9 Å². The van der Waals surface area contributed by atoms with Crippen molar-refractivity contribution < 1.29 is 68.7 Å². The average Bonchev–Trinajstić information content (AvgIpc) is 3.44. The maximum absolute atomic E-state index is 12.5. The van der Waals surface area contributed by atoms with Crippen LogP contribution < -0.4 is 5.73 Å². The highest BCUT2D eigenvalue weighted by Crippen LogP contribution is 2.19. The lowest BCUT2D eigenvalue weighted by Gasteiger charge is -2.29. The third-order valence-electron chi connectivity index (χ3n) is 6.90. The number of likely N-dealkylation sites (N-methyl/N-ethyl adjacent to an activating group) is 1. The van der Waals surface area contributed by atoms with Gasteiger partial charge in [0.1, 0.15) is 36.6 Å². The highest BCUT2D eigenvalue weighted by molar-refractivity contribution is 6.12. The smallest absolute Gasteiger partial charge is 0.333 e. The Morgan fingerprint density at radius 1 is 0.977 bits per heavy atom. The number of carboxylic acid groups (broad SMARTS) is 1. The van der Waals surface area contributed by atoms with Gasteiger partial charge in [0.05, 0.1) is 13.0 Å². The third kappa shape index (κ3) is 10.4. The number of hydroxylamine groups is 2. The highest BCUT2D eigenvalue weighted by Gasteiger charge is 2.43. The van der Waals surface area contributed by atoms with Crippen LogP contribution in [0.4, 0.5) is 0 Å². The van der Waals surface area contributed by atoms with Crippen LogP contribution >= 0.6 is 0 Å². The van der Waals surface area contributed by atoms with Crippen LogP contribution in [-0.4, -0.2) is 145 Å². The maximum Gasteiger partial charge on any atom is 0.333 e. The lowest BCUT2D eigenvalue weighted by Crippen LogP contribution is -2.50. The normalized spacial score (nSPS) is 20.1. The largest absolute Gasteiger partial charge is 0.480 e. The van der Waals surface area contributed by atoms with Gasteiger partial charge in [-0.25, -0.2) is 4.79 Å². The van der Waals surface area contributed by atoms with E-state index in [-0.39, 0.29) is 30.9 Å². The number of aliphatic hydroxyl groups is 4. The Morgan fingerprint density at radius 2 is 1.59 bits per heavy atom. The van der Waals surface area contributed by atoms with Crippen molar-refractivity contribution >= 4 is 41.5 Å². The Hall–Kier alpha value is -3.81. The summed E-state index contributed by atoms with van der Waals surface area (Å²) in [5, 5.41) is 49.8. The number of carboxylic acids is 1. The molecule has 0 bridgehead atoms. The fraction of sp³-hybridized carbons (Fsp3) is 0.654. The van der Waals surface area contributed by atoms with Crippen LogP contribution in [0.25, 0.3) is 0 Å². The van der Waals surface area contributed by atoms with Crippen LogP contribution in [-0.2, 0) is 43.1 Å². The molecule has 1 fully saturated rings. The van der Waals surface area contributed by atoms with E-state index in [1.807, 2.05) is 0 Å². The van der Waals surface area contributed by atoms with E-state index in [0.717, 1.165) is 22.0 Å². The van der Waals surface area contributed by atoms with Crippen molar-refractivity contribution in [1.82, 2.24) is 14.9 Å². The molecule has 2 heterocycles. The second-order valence-electron chi connectivity index (χ2n) is 10.4. The predicted octanol–water partition coefficient (Wildman–Crippen LogP) is -3.83. The fourth-order valence-corrected chi connectivity index (χ4v) is 4.18. The Balaban J connectivity index is 1.71. The molecule has 246 valence electrons. The number of amides is 5. The second-order valence-corrected chi connectivity index (χ2v) is 10.4. The van der Waals surface area contributed by atoms with E-state index in [1.54, 1.807) is 0 Å². The molecular formula is C26H38N4O14. The lowest BCUT2D eigenvalue weighted by molar-refractivity contribution is -0.200. The molecule has 0 aromatic heterocycles. The molecule has 44 heavy (non-hydrogen) atoms. The van der Waals surface area contributed by atoms with Gasteiger partial charge in [-0.05, 0) is 19.3 Å². The van der Waals surface area contributed by atoms with E-state index in [4.69, 9.17) is 20.4 Å². The number of nitrogens with two attached hydrogens (primary N) is 1. The molecule has 1 saturated heterocycles. The number of carbonyl (C=O) groups is 7. The molecule has 0 aromatic rings. The van der Waals surface area contributed by atoms with Crippen molar-refractivity contribution in [1.29, 1.82) is 0 Å². The number of aliphatic hydroxyl groups excluding tert-OH is 4. The fourth-order valence-electron chi connectivity index (χ4n) is 4.18. The van der Waals surface area contributed by atoms with Crippen molar-refractivity contribution in [3.05, 3.63) is 12.2 Å². The molecule has 2 aliphatic heterocycles. The van der Waals surface area contributed by atoms with Gasteiger partial charge in [0.2, 0.25) is 5.91 Å². The first-order valence-corrected chi connectivity index (χ1v) is 13.8. The summed E-state index contributed by atoms with van der Waals surface area (Å²) >= 11 is 0. The topological polar surface area (TPSA) is 275 Å². The zero-order valence-electron chi connectivity index (χ0n) is 24.0. The summed E-state index contributed by atoms with van der Waals surface area (Å²) in [6.07, 6.45) is -6.66. The Bertz CT molecular complexity index is 1110. The van der Waals surface area contributed by atoms with Crippen molar-refractivity contribution in [3.63, 3.8) is 0 Å². The van der Waals surface area contributed by atoms with Gasteiger partial charge in [-0.15, -0.1) is 0 Å². The number of nitrogens with zero attached hydrogens (tertiary/aromatic N) is 3. The number of hydrogen-bond acceptors (Lipinski definition) is 14. The molecule has 0 radical (unpaired) electrons.